The van der Waals surface area contributed by atoms with Gasteiger partial charge in [-0.1, -0.05) is 0 Å². The van der Waals surface area contributed by atoms with Crippen LogP contribution in [0.5, 0.6) is 0 Å². The van der Waals surface area contributed by atoms with Crippen molar-refractivity contribution in [1.29, 1.82) is 0 Å². The number of aliphatic hydroxyl groups excluding tert-OH is 1. The second kappa shape index (κ2) is 3.82. The van der Waals surface area contributed by atoms with Crippen LogP contribution in [0, 0.1) is 0 Å². The highest BCUT2D eigenvalue weighted by molar-refractivity contribution is 4.65. The Morgan fingerprint density at radius 1 is 1.33 bits per heavy atom. The summed E-state index contributed by atoms with van der Waals surface area (Å²) in [5, 5.41) is 12.7. The van der Waals surface area contributed by atoms with Crippen molar-refractivity contribution >= 4 is 0 Å². The van der Waals surface area contributed by atoms with Crippen molar-refractivity contribution in [2.45, 2.75) is 0 Å². The summed E-state index contributed by atoms with van der Waals surface area (Å²) in [6, 6.07) is 0. The molecule has 1 fully saturated rings. The van der Waals surface area contributed by atoms with Crippen LogP contribution in [0.25, 0.3) is 0 Å². The van der Waals surface area contributed by atoms with E-state index in [-0.39, 0.29) is 6.61 Å². The molecule has 3 nitrogen and oxygen atoms in total. The van der Waals surface area contributed by atoms with E-state index in [1.807, 2.05) is 0 Å². The average Bonchev–Trinajstić information content (AvgIpc) is 1.91. The summed E-state index contributed by atoms with van der Waals surface area (Å²) < 4.78 is 0. The lowest BCUT2D eigenvalue weighted by Crippen LogP contribution is -2.41. The van der Waals surface area contributed by atoms with Crippen LogP contribution in [-0.2, 0) is 0 Å². The third kappa shape index (κ3) is 2.30. The zero-order chi connectivity index (χ0) is 6.53. The van der Waals surface area contributed by atoms with Gasteiger partial charge in [0.2, 0.25) is 0 Å². The molecule has 0 aromatic rings. The maximum atomic E-state index is 8.55. The van der Waals surface area contributed by atoms with Crippen LogP contribution in [0.4, 0.5) is 0 Å². The molecule has 0 aromatic heterocycles. The summed E-state index contributed by atoms with van der Waals surface area (Å²) >= 11 is 0. The third-order valence-electron chi connectivity index (χ3n) is 1.56. The Balaban J connectivity index is 2.08. The maximum absolute atomic E-state index is 8.55. The summed E-state index contributed by atoms with van der Waals surface area (Å²) in [6.45, 7) is 5.04. The van der Waals surface area contributed by atoms with Gasteiger partial charge in [0.25, 0.3) is 0 Å². The highest BCUT2D eigenvalue weighted by Crippen LogP contribution is 1.90. The third-order valence-corrected chi connectivity index (χ3v) is 1.56. The van der Waals surface area contributed by atoms with E-state index in [1.165, 1.54) is 0 Å². The van der Waals surface area contributed by atoms with Crippen LogP contribution in [-0.4, -0.2) is 49.3 Å². The first-order chi connectivity index (χ1) is 4.43. The first-order valence-electron chi connectivity index (χ1n) is 3.40. The summed E-state index contributed by atoms with van der Waals surface area (Å²) in [5.41, 5.74) is 0. The van der Waals surface area contributed by atoms with Gasteiger partial charge in [0.15, 0.2) is 0 Å². The normalized spacial score (nSPS) is 22.3. The molecule has 0 atom stereocenters. The van der Waals surface area contributed by atoms with E-state index in [0.29, 0.717) is 0 Å². The van der Waals surface area contributed by atoms with Gasteiger partial charge in [0, 0.05) is 32.7 Å². The van der Waals surface area contributed by atoms with Crippen LogP contribution in [0.1, 0.15) is 0 Å². The smallest absolute Gasteiger partial charge is 0.0558 e. The van der Waals surface area contributed by atoms with Gasteiger partial charge in [0.1, 0.15) is 0 Å². The van der Waals surface area contributed by atoms with E-state index < -0.39 is 0 Å². The SMILES string of the molecule is OCCN1CC[N]CC1. The van der Waals surface area contributed by atoms with Crippen LogP contribution in [0.15, 0.2) is 0 Å². The van der Waals surface area contributed by atoms with E-state index in [9.17, 15) is 0 Å². The molecular weight excluding hydrogens is 116 g/mol. The number of hydrogen-bond acceptors (Lipinski definition) is 2. The number of rotatable bonds is 2. The van der Waals surface area contributed by atoms with Gasteiger partial charge in [-0.25, -0.2) is 5.32 Å². The Bertz CT molecular complexity index is 68.7. The molecule has 1 saturated heterocycles. The van der Waals surface area contributed by atoms with Crippen molar-refractivity contribution in [2.24, 2.45) is 0 Å². The Hall–Kier alpha value is -0.120. The molecule has 3 heteroatoms. The number of aliphatic hydroxyl groups is 1. The molecule has 0 aromatic carbocycles. The molecule has 9 heavy (non-hydrogen) atoms. The second-order valence-electron chi connectivity index (χ2n) is 2.24. The zero-order valence-electron chi connectivity index (χ0n) is 5.58. The van der Waals surface area contributed by atoms with Gasteiger partial charge in [-0.05, 0) is 0 Å². The van der Waals surface area contributed by atoms with E-state index in [1.54, 1.807) is 0 Å². The Kier molecular flexibility index (Phi) is 2.97. The number of piperazine rings is 1. The molecule has 0 bridgehead atoms. The Labute approximate surface area is 55.7 Å². The van der Waals surface area contributed by atoms with Crippen LogP contribution in [0.3, 0.4) is 0 Å². The summed E-state index contributed by atoms with van der Waals surface area (Å²) in [4.78, 5) is 2.23. The van der Waals surface area contributed by atoms with E-state index in [0.717, 1.165) is 32.7 Å². The fraction of sp³-hybridized carbons (Fsp3) is 1.00. The minimum absolute atomic E-state index is 0.278. The highest BCUT2D eigenvalue weighted by atomic mass is 16.3. The number of hydrogen-bond donors (Lipinski definition) is 1. The van der Waals surface area contributed by atoms with E-state index in [2.05, 4.69) is 10.2 Å². The van der Waals surface area contributed by atoms with Gasteiger partial charge in [-0.15, -0.1) is 0 Å². The lowest BCUT2D eigenvalue weighted by molar-refractivity contribution is 0.179. The Morgan fingerprint density at radius 3 is 2.56 bits per heavy atom. The molecule has 0 aliphatic carbocycles. The van der Waals surface area contributed by atoms with Crippen LogP contribution in [0.2, 0.25) is 0 Å². The van der Waals surface area contributed by atoms with Gasteiger partial charge in [-0.2, -0.15) is 0 Å². The molecule has 1 N–H and O–H groups in total. The van der Waals surface area contributed by atoms with Gasteiger partial charge >= 0.3 is 0 Å². The lowest BCUT2D eigenvalue weighted by Gasteiger charge is -2.24. The summed E-state index contributed by atoms with van der Waals surface area (Å²) in [6.07, 6.45) is 0. The molecule has 0 saturated carbocycles. The maximum Gasteiger partial charge on any atom is 0.0558 e. The molecule has 1 heterocycles. The minimum Gasteiger partial charge on any atom is -0.395 e. The molecule has 53 valence electrons. The van der Waals surface area contributed by atoms with Crippen LogP contribution < -0.4 is 5.32 Å². The first-order valence-corrected chi connectivity index (χ1v) is 3.40. The molecule has 1 aliphatic rings. The van der Waals surface area contributed by atoms with Crippen molar-refractivity contribution in [1.82, 2.24) is 10.2 Å². The standard InChI is InChI=1S/C6H13N2O/c9-6-5-8-3-1-7-2-4-8/h9H,1-6H2. The predicted octanol–water partition coefficient (Wildman–Crippen LogP) is -1.10. The van der Waals surface area contributed by atoms with Crippen molar-refractivity contribution < 1.29 is 5.11 Å². The largest absolute Gasteiger partial charge is 0.395 e. The molecule has 0 unspecified atom stereocenters. The molecule has 1 radical (unpaired) electrons. The zero-order valence-corrected chi connectivity index (χ0v) is 5.58. The van der Waals surface area contributed by atoms with Gasteiger partial charge < -0.3 is 5.11 Å². The van der Waals surface area contributed by atoms with Crippen molar-refractivity contribution in [2.75, 3.05) is 39.3 Å². The molecule has 0 amide bonds. The highest BCUT2D eigenvalue weighted by Gasteiger charge is 2.07. The minimum atomic E-state index is 0.278. The fourth-order valence-electron chi connectivity index (χ4n) is 1.01. The number of β-amino-alcohol motifs (C(OH)–C–C–N with tert-alkyl or cyclic N) is 1. The summed E-state index contributed by atoms with van der Waals surface area (Å²) in [7, 11) is 0. The molecule has 1 aliphatic heterocycles. The second-order valence-corrected chi connectivity index (χ2v) is 2.24. The van der Waals surface area contributed by atoms with Crippen molar-refractivity contribution in [3.05, 3.63) is 0 Å². The first kappa shape index (κ1) is 6.99. The topological polar surface area (TPSA) is 37.6 Å². The van der Waals surface area contributed by atoms with Gasteiger partial charge in [-0.3, -0.25) is 4.90 Å². The van der Waals surface area contributed by atoms with Crippen LogP contribution >= 0.6 is 0 Å². The van der Waals surface area contributed by atoms with Crippen molar-refractivity contribution in [3.63, 3.8) is 0 Å². The lowest BCUT2D eigenvalue weighted by atomic mass is 10.4. The average molecular weight is 129 g/mol. The molecule has 1 rings (SSSR count). The predicted molar refractivity (Wildman–Crippen MR) is 35.4 cm³/mol. The Morgan fingerprint density at radius 2 is 2.00 bits per heavy atom. The van der Waals surface area contributed by atoms with E-state index in [4.69, 9.17) is 5.11 Å². The summed E-state index contributed by atoms with van der Waals surface area (Å²) in [5.74, 6) is 0. The van der Waals surface area contributed by atoms with Gasteiger partial charge in [0.05, 0.1) is 6.61 Å². The monoisotopic (exact) mass is 129 g/mol. The number of nitrogens with zero attached hydrogens (tertiary/aromatic N) is 2. The quantitative estimate of drug-likeness (QED) is 0.514. The molecular formula is C6H13N2O. The van der Waals surface area contributed by atoms with E-state index >= 15 is 0 Å². The van der Waals surface area contributed by atoms with Crippen molar-refractivity contribution in [3.8, 4) is 0 Å². The fourth-order valence-corrected chi connectivity index (χ4v) is 1.01. The molecule has 0 spiro atoms.